The highest BCUT2D eigenvalue weighted by atomic mass is 32.1. The number of fused-ring (bicyclic) bond motifs is 1. The minimum atomic E-state index is -0.166. The summed E-state index contributed by atoms with van der Waals surface area (Å²) in [4.78, 5) is 26.3. The van der Waals surface area contributed by atoms with E-state index in [1.165, 1.54) is 0 Å². The Balaban J connectivity index is 1.48. The van der Waals surface area contributed by atoms with Gasteiger partial charge in [0, 0.05) is 5.38 Å². The zero-order chi connectivity index (χ0) is 18.8. The van der Waals surface area contributed by atoms with Gasteiger partial charge < -0.3 is 10.3 Å². The lowest BCUT2D eigenvalue weighted by Crippen LogP contribution is -2.33. The van der Waals surface area contributed by atoms with Crippen LogP contribution in [0.2, 0.25) is 0 Å². The van der Waals surface area contributed by atoms with E-state index in [-0.39, 0.29) is 24.3 Å². The summed E-state index contributed by atoms with van der Waals surface area (Å²) in [5, 5.41) is 8.07. The predicted octanol–water partition coefficient (Wildman–Crippen LogP) is 4.80. The maximum absolute atomic E-state index is 12.6. The number of thiophene rings is 1. The van der Waals surface area contributed by atoms with Crippen LogP contribution in [0.5, 0.6) is 0 Å². The molecular formula is C20H20N4OS2. The van der Waals surface area contributed by atoms with Crippen molar-refractivity contribution in [1.29, 1.82) is 0 Å². The zero-order valence-corrected chi connectivity index (χ0v) is 16.7. The molecule has 0 saturated carbocycles. The molecule has 0 aliphatic rings. The Morgan fingerprint density at radius 3 is 2.74 bits per heavy atom. The van der Waals surface area contributed by atoms with Gasteiger partial charge in [-0.05, 0) is 29.5 Å². The normalized spacial score (nSPS) is 12.6. The van der Waals surface area contributed by atoms with Gasteiger partial charge in [-0.15, -0.1) is 22.7 Å². The highest BCUT2D eigenvalue weighted by Crippen LogP contribution is 2.28. The minimum Gasteiger partial charge on any atom is -0.346 e. The molecule has 1 atom stereocenters. The molecule has 0 spiro atoms. The Bertz CT molecular complexity index is 1020. The van der Waals surface area contributed by atoms with Crippen LogP contribution in [0.1, 0.15) is 31.4 Å². The van der Waals surface area contributed by atoms with Crippen LogP contribution < -0.4 is 5.32 Å². The lowest BCUT2D eigenvalue weighted by molar-refractivity contribution is -0.121. The van der Waals surface area contributed by atoms with Crippen molar-refractivity contribution in [2.75, 3.05) is 0 Å². The zero-order valence-electron chi connectivity index (χ0n) is 15.1. The molecule has 0 bridgehead atoms. The Labute approximate surface area is 165 Å². The molecule has 27 heavy (non-hydrogen) atoms. The first-order valence-electron chi connectivity index (χ1n) is 8.82. The molecule has 5 nitrogen and oxygen atoms in total. The van der Waals surface area contributed by atoms with Crippen molar-refractivity contribution < 1.29 is 4.79 Å². The highest BCUT2D eigenvalue weighted by molar-refractivity contribution is 7.20. The molecule has 0 aliphatic carbocycles. The number of carbonyl (C=O) groups is 1. The van der Waals surface area contributed by atoms with Gasteiger partial charge in [0.05, 0.1) is 34.1 Å². The molecule has 0 fully saturated rings. The second kappa shape index (κ2) is 7.62. The molecular weight excluding hydrogens is 376 g/mol. The number of carbonyl (C=O) groups excluding carboxylic acids is 1. The van der Waals surface area contributed by atoms with E-state index in [9.17, 15) is 4.79 Å². The van der Waals surface area contributed by atoms with Gasteiger partial charge >= 0.3 is 0 Å². The summed E-state index contributed by atoms with van der Waals surface area (Å²) in [6, 6.07) is 11.8. The lowest BCUT2D eigenvalue weighted by atomic mass is 10.0. The van der Waals surface area contributed by atoms with Crippen molar-refractivity contribution in [2.24, 2.45) is 5.92 Å². The Kier molecular flexibility index (Phi) is 5.05. The van der Waals surface area contributed by atoms with E-state index in [2.05, 4.69) is 34.1 Å². The second-order valence-electron chi connectivity index (χ2n) is 6.73. The first kappa shape index (κ1) is 17.9. The number of nitrogens with zero attached hydrogens (tertiary/aromatic N) is 2. The van der Waals surface area contributed by atoms with Crippen molar-refractivity contribution in [1.82, 2.24) is 20.3 Å². The summed E-state index contributed by atoms with van der Waals surface area (Å²) in [7, 11) is 0. The summed E-state index contributed by atoms with van der Waals surface area (Å²) in [6.45, 7) is 4.16. The summed E-state index contributed by atoms with van der Waals surface area (Å²) in [5.41, 5.74) is 2.69. The van der Waals surface area contributed by atoms with Crippen molar-refractivity contribution in [3.63, 3.8) is 0 Å². The predicted molar refractivity (Wildman–Crippen MR) is 111 cm³/mol. The van der Waals surface area contributed by atoms with Crippen LogP contribution in [0, 0.1) is 5.92 Å². The number of hydrogen-bond donors (Lipinski definition) is 2. The van der Waals surface area contributed by atoms with Gasteiger partial charge in [-0.3, -0.25) is 4.79 Å². The van der Waals surface area contributed by atoms with E-state index in [1.54, 1.807) is 22.7 Å². The van der Waals surface area contributed by atoms with Crippen LogP contribution in [0.25, 0.3) is 20.9 Å². The van der Waals surface area contributed by atoms with E-state index in [4.69, 9.17) is 0 Å². The number of H-pyrrole nitrogens is 1. The monoisotopic (exact) mass is 396 g/mol. The summed E-state index contributed by atoms with van der Waals surface area (Å²) < 4.78 is 0. The molecule has 2 N–H and O–H groups in total. The average molecular weight is 397 g/mol. The van der Waals surface area contributed by atoms with Crippen LogP contribution >= 0.6 is 22.7 Å². The first-order valence-corrected chi connectivity index (χ1v) is 10.6. The number of hydrogen-bond acceptors (Lipinski definition) is 5. The largest absolute Gasteiger partial charge is 0.346 e. The Hall–Kier alpha value is -2.51. The third kappa shape index (κ3) is 3.94. The lowest BCUT2D eigenvalue weighted by Gasteiger charge is -2.20. The molecule has 0 radical (unpaired) electrons. The molecule has 0 saturated heterocycles. The summed E-state index contributed by atoms with van der Waals surface area (Å²) in [6.07, 6.45) is 0.269. The molecule has 1 aromatic carbocycles. The van der Waals surface area contributed by atoms with Crippen molar-refractivity contribution in [2.45, 2.75) is 26.3 Å². The molecule has 1 unspecified atom stereocenters. The molecule has 7 heteroatoms. The SMILES string of the molecule is CC(C)C(NC(=O)Cc1csc(-c2cccs2)n1)c1nc2ccccc2[nH]1. The first-order chi connectivity index (χ1) is 13.1. The van der Waals surface area contributed by atoms with E-state index < -0.39 is 0 Å². The van der Waals surface area contributed by atoms with Crippen molar-refractivity contribution >= 4 is 39.6 Å². The number of imidazole rings is 1. The number of benzene rings is 1. The number of amides is 1. The molecule has 4 rings (SSSR count). The molecule has 0 aliphatic heterocycles. The van der Waals surface area contributed by atoms with Crippen LogP contribution in [0.15, 0.2) is 47.2 Å². The number of thiazole rings is 1. The van der Waals surface area contributed by atoms with Gasteiger partial charge in [0.25, 0.3) is 0 Å². The third-order valence-electron chi connectivity index (χ3n) is 4.31. The van der Waals surface area contributed by atoms with E-state index >= 15 is 0 Å². The van der Waals surface area contributed by atoms with Crippen LogP contribution in [-0.2, 0) is 11.2 Å². The number of rotatable bonds is 6. The average Bonchev–Trinajstić information content (AvgIpc) is 3.38. The molecule has 3 heterocycles. The van der Waals surface area contributed by atoms with Crippen molar-refractivity contribution in [3.8, 4) is 9.88 Å². The van der Waals surface area contributed by atoms with Gasteiger partial charge in [-0.1, -0.05) is 32.0 Å². The van der Waals surface area contributed by atoms with Gasteiger partial charge in [0.1, 0.15) is 10.8 Å². The minimum absolute atomic E-state index is 0.0443. The van der Waals surface area contributed by atoms with Crippen LogP contribution in [-0.4, -0.2) is 20.9 Å². The number of aromatic amines is 1. The third-order valence-corrected chi connectivity index (χ3v) is 6.24. The van der Waals surface area contributed by atoms with Gasteiger partial charge in [-0.2, -0.15) is 0 Å². The van der Waals surface area contributed by atoms with Gasteiger partial charge in [0.2, 0.25) is 5.91 Å². The fourth-order valence-corrected chi connectivity index (χ4v) is 4.60. The molecule has 4 aromatic rings. The standard InChI is InChI=1S/C20H20N4OS2/c1-12(2)18(19-22-14-6-3-4-7-15(14)23-19)24-17(25)10-13-11-27-20(21-13)16-8-5-9-26-16/h3-9,11-12,18H,10H2,1-2H3,(H,22,23)(H,24,25). The van der Waals surface area contributed by atoms with E-state index in [1.807, 2.05) is 47.2 Å². The Morgan fingerprint density at radius 1 is 1.15 bits per heavy atom. The number of aromatic nitrogens is 3. The van der Waals surface area contributed by atoms with Crippen LogP contribution in [0.3, 0.4) is 0 Å². The number of para-hydroxylation sites is 2. The second-order valence-corrected chi connectivity index (χ2v) is 8.53. The number of nitrogens with one attached hydrogen (secondary N) is 2. The maximum atomic E-state index is 12.6. The van der Waals surface area contributed by atoms with Crippen molar-refractivity contribution in [3.05, 3.63) is 58.7 Å². The summed E-state index contributed by atoms with van der Waals surface area (Å²) >= 11 is 3.23. The highest BCUT2D eigenvalue weighted by Gasteiger charge is 2.22. The van der Waals surface area contributed by atoms with Gasteiger partial charge in [-0.25, -0.2) is 9.97 Å². The molecule has 1 amide bonds. The fraction of sp³-hybridized carbons (Fsp3) is 0.250. The quantitative estimate of drug-likeness (QED) is 0.492. The van der Waals surface area contributed by atoms with E-state index in [0.29, 0.717) is 0 Å². The maximum Gasteiger partial charge on any atom is 0.226 e. The van der Waals surface area contributed by atoms with Gasteiger partial charge in [0.15, 0.2) is 0 Å². The molecule has 3 aromatic heterocycles. The Morgan fingerprint density at radius 2 is 2.00 bits per heavy atom. The topological polar surface area (TPSA) is 70.7 Å². The smallest absolute Gasteiger partial charge is 0.226 e. The summed E-state index contributed by atoms with van der Waals surface area (Å²) in [5.74, 6) is 0.959. The van der Waals surface area contributed by atoms with Crippen LogP contribution in [0.4, 0.5) is 0 Å². The molecule has 138 valence electrons. The van der Waals surface area contributed by atoms with E-state index in [0.717, 1.165) is 32.4 Å². The fourth-order valence-electron chi connectivity index (χ4n) is 2.96.